The van der Waals surface area contributed by atoms with Gasteiger partial charge in [0.2, 0.25) is 5.75 Å². The summed E-state index contributed by atoms with van der Waals surface area (Å²) >= 11 is 0. The molecule has 0 fully saturated rings. The van der Waals surface area contributed by atoms with Gasteiger partial charge in [0.05, 0.1) is 11.6 Å². The highest BCUT2D eigenvalue weighted by Gasteiger charge is 2.23. The Labute approximate surface area is 113 Å². The molecule has 0 aliphatic carbocycles. The number of hydrogen-bond acceptors (Lipinski definition) is 4. The number of phenolic OH excluding ortho intramolecular Hbond substituents is 3. The van der Waals surface area contributed by atoms with Crippen LogP contribution in [0.25, 0.3) is 22.3 Å². The van der Waals surface area contributed by atoms with Gasteiger partial charge in [0.15, 0.2) is 0 Å². The maximum Gasteiger partial charge on any atom is 0.401 e. The second-order valence-corrected chi connectivity index (χ2v) is 4.38. The molecular weight excluding hydrogens is 262 g/mol. The number of benzene rings is 2. The summed E-state index contributed by atoms with van der Waals surface area (Å²) in [6.45, 7) is 0. The summed E-state index contributed by atoms with van der Waals surface area (Å²) < 4.78 is 5.53. The third kappa shape index (κ3) is 1.95. The fraction of sp³-hybridized carbons (Fsp3) is 0. The Morgan fingerprint density at radius 1 is 0.850 bits per heavy atom. The van der Waals surface area contributed by atoms with Crippen LogP contribution in [0.2, 0.25) is 0 Å². The maximum atomic E-state index is 10.00. The number of hydrogen-bond donors (Lipinski definition) is 4. The van der Waals surface area contributed by atoms with Crippen LogP contribution in [0.15, 0.2) is 46.9 Å². The van der Waals surface area contributed by atoms with E-state index in [0.717, 1.165) is 6.07 Å². The number of rotatable bonds is 1. The summed E-state index contributed by atoms with van der Waals surface area (Å²) in [4.78, 5) is 0. The van der Waals surface area contributed by atoms with Gasteiger partial charge in [0.25, 0.3) is 0 Å². The Morgan fingerprint density at radius 3 is 2.25 bits per heavy atom. The quantitative estimate of drug-likeness (QED) is 0.511. The minimum absolute atomic E-state index is 0.101. The van der Waals surface area contributed by atoms with Crippen molar-refractivity contribution in [3.8, 4) is 34.3 Å². The average Bonchev–Trinajstić information content (AvgIpc) is 2.40. The smallest absolute Gasteiger partial charge is 0.401 e. The minimum atomic E-state index is -0.184. The standard InChI is InChI=1S/C15H10O5/c16-9-3-1-8(2-4-9)15-13(19)7-11-12(18)5-10(17)6-14(11)20-15/h1-7H,(H3-,16,17,18,19)/p+1/i7+2. The SMILES string of the molecule is Oc1ccc(-c2[o+]c3cc(O)cc(O)c3[14cH]c2O)cc1. The summed E-state index contributed by atoms with van der Waals surface area (Å²) in [5.74, 6) is -0.187. The van der Waals surface area contributed by atoms with Crippen molar-refractivity contribution in [1.82, 2.24) is 0 Å². The molecule has 0 unspecified atom stereocenters. The van der Waals surface area contributed by atoms with Crippen molar-refractivity contribution in [2.75, 3.05) is 0 Å². The van der Waals surface area contributed by atoms with E-state index in [0.29, 0.717) is 10.9 Å². The first-order chi connectivity index (χ1) is 9.54. The summed E-state index contributed by atoms with van der Waals surface area (Å²) in [6.07, 6.45) is 0. The minimum Gasteiger partial charge on any atom is -0.508 e. The van der Waals surface area contributed by atoms with Crippen molar-refractivity contribution in [3.63, 3.8) is 0 Å². The molecule has 100 valence electrons. The first-order valence-electron chi connectivity index (χ1n) is 5.86. The van der Waals surface area contributed by atoms with Crippen molar-refractivity contribution in [1.29, 1.82) is 0 Å². The molecule has 3 aromatic rings. The van der Waals surface area contributed by atoms with Crippen molar-refractivity contribution in [3.05, 3.63) is 42.5 Å². The van der Waals surface area contributed by atoms with Gasteiger partial charge in [-0.05, 0) is 24.3 Å². The van der Waals surface area contributed by atoms with Crippen LogP contribution in [0.4, 0.5) is 0 Å². The Bertz CT molecular complexity index is 793. The van der Waals surface area contributed by atoms with Gasteiger partial charge in [0, 0.05) is 12.1 Å². The monoisotopic (exact) mass is 273 g/mol. The third-order valence-corrected chi connectivity index (χ3v) is 2.96. The summed E-state index contributed by atoms with van der Waals surface area (Å²) in [6, 6.07) is 9.97. The Morgan fingerprint density at radius 2 is 1.55 bits per heavy atom. The van der Waals surface area contributed by atoms with E-state index in [2.05, 4.69) is 0 Å². The largest absolute Gasteiger partial charge is 0.508 e. The van der Waals surface area contributed by atoms with Gasteiger partial charge in [-0.25, -0.2) is 4.42 Å². The molecule has 20 heavy (non-hydrogen) atoms. The zero-order chi connectivity index (χ0) is 14.3. The molecule has 5 nitrogen and oxygen atoms in total. The van der Waals surface area contributed by atoms with Gasteiger partial charge in [-0.1, -0.05) is 0 Å². The lowest BCUT2D eigenvalue weighted by Gasteiger charge is -1.99. The van der Waals surface area contributed by atoms with Crippen molar-refractivity contribution in [2.45, 2.75) is 0 Å². The van der Waals surface area contributed by atoms with Crippen molar-refractivity contribution >= 4 is 11.0 Å². The molecule has 3 rings (SSSR count). The van der Waals surface area contributed by atoms with Crippen LogP contribution in [-0.2, 0) is 0 Å². The Balaban J connectivity index is 2.26. The summed E-state index contributed by atoms with van der Waals surface area (Å²) in [7, 11) is 0. The van der Waals surface area contributed by atoms with Gasteiger partial charge in [-0.15, -0.1) is 0 Å². The highest BCUT2D eigenvalue weighted by Crippen LogP contribution is 2.38. The van der Waals surface area contributed by atoms with Crippen LogP contribution in [-0.4, -0.2) is 20.4 Å². The van der Waals surface area contributed by atoms with E-state index in [4.69, 9.17) is 4.42 Å². The van der Waals surface area contributed by atoms with Gasteiger partial charge < -0.3 is 20.4 Å². The fourth-order valence-electron chi connectivity index (χ4n) is 2.01. The second-order valence-electron chi connectivity index (χ2n) is 4.38. The molecule has 0 atom stereocenters. The van der Waals surface area contributed by atoms with Gasteiger partial charge in [-0.3, -0.25) is 0 Å². The molecule has 5 heteroatoms. The molecule has 1 heterocycles. The van der Waals surface area contributed by atoms with Crippen molar-refractivity contribution < 1.29 is 24.8 Å². The maximum absolute atomic E-state index is 10.00. The first kappa shape index (κ1) is 12.1. The molecule has 1 aromatic heterocycles. The topological polar surface area (TPSA) is 92.2 Å². The third-order valence-electron chi connectivity index (χ3n) is 2.96. The molecule has 0 spiro atoms. The fourth-order valence-corrected chi connectivity index (χ4v) is 2.01. The Hall–Kier alpha value is -2.95. The molecular formula is C15H11O5+. The first-order valence-corrected chi connectivity index (χ1v) is 5.86. The van der Waals surface area contributed by atoms with Crippen molar-refractivity contribution in [2.24, 2.45) is 0 Å². The van der Waals surface area contributed by atoms with Crippen LogP contribution in [0.3, 0.4) is 0 Å². The lowest BCUT2D eigenvalue weighted by atomic mass is 10.1. The summed E-state index contributed by atoms with van der Waals surface area (Å²) in [5, 5.41) is 38.7. The molecule has 0 amide bonds. The van der Waals surface area contributed by atoms with Crippen LogP contribution < -0.4 is 0 Å². The second kappa shape index (κ2) is 4.31. The molecule has 0 aliphatic rings. The predicted molar refractivity (Wildman–Crippen MR) is 72.7 cm³/mol. The van der Waals surface area contributed by atoms with Gasteiger partial charge >= 0.3 is 11.3 Å². The molecule has 0 radical (unpaired) electrons. The number of aromatic hydroxyl groups is 4. The lowest BCUT2D eigenvalue weighted by molar-refractivity contribution is 0.441. The predicted octanol–water partition coefficient (Wildman–Crippen LogP) is 3.20. The van der Waals surface area contributed by atoms with E-state index in [1.807, 2.05) is 0 Å². The van der Waals surface area contributed by atoms with E-state index < -0.39 is 0 Å². The highest BCUT2D eigenvalue weighted by molar-refractivity contribution is 5.88. The molecule has 2 aromatic carbocycles. The molecule has 0 bridgehead atoms. The van der Waals surface area contributed by atoms with E-state index in [1.54, 1.807) is 12.1 Å². The van der Waals surface area contributed by atoms with Crippen LogP contribution >= 0.6 is 0 Å². The normalized spacial score (nSPS) is 10.8. The van der Waals surface area contributed by atoms with E-state index >= 15 is 0 Å². The highest BCUT2D eigenvalue weighted by atomic mass is 16.4. The zero-order valence-corrected chi connectivity index (χ0v) is 10.2. The van der Waals surface area contributed by atoms with Gasteiger partial charge in [0.1, 0.15) is 22.6 Å². The number of phenols is 3. The summed E-state index contributed by atoms with van der Waals surface area (Å²) in [5.41, 5.74) is 0.799. The molecule has 0 saturated heterocycles. The van der Waals surface area contributed by atoms with Crippen LogP contribution in [0, 0.1) is 0 Å². The molecule has 0 saturated carbocycles. The van der Waals surface area contributed by atoms with Gasteiger partial charge in [-0.2, -0.15) is 0 Å². The molecule has 0 aliphatic heterocycles. The van der Waals surface area contributed by atoms with E-state index in [9.17, 15) is 20.4 Å². The Kier molecular flexibility index (Phi) is 2.61. The van der Waals surface area contributed by atoms with E-state index in [1.165, 1.54) is 24.3 Å². The zero-order valence-electron chi connectivity index (χ0n) is 10.2. The molecule has 4 N–H and O–H groups in total. The van der Waals surface area contributed by atoms with Crippen LogP contribution in [0.5, 0.6) is 23.0 Å². The van der Waals surface area contributed by atoms with Crippen LogP contribution in [0.1, 0.15) is 0 Å². The van der Waals surface area contributed by atoms with E-state index in [-0.39, 0.29) is 34.3 Å². The average molecular weight is 273 g/mol. The number of fused-ring (bicyclic) bond motifs is 1. The lowest BCUT2D eigenvalue weighted by Crippen LogP contribution is -1.82.